The van der Waals surface area contributed by atoms with Gasteiger partial charge in [0.05, 0.1) is 12.2 Å². The Balaban J connectivity index is 2.52. The summed E-state index contributed by atoms with van der Waals surface area (Å²) < 4.78 is 1.81. The van der Waals surface area contributed by atoms with Crippen LogP contribution in [0.5, 0.6) is 0 Å². The van der Waals surface area contributed by atoms with E-state index in [9.17, 15) is 4.79 Å². The van der Waals surface area contributed by atoms with Crippen LogP contribution in [0, 0.1) is 12.3 Å². The van der Waals surface area contributed by atoms with Crippen LogP contribution in [0.1, 0.15) is 57.8 Å². The third-order valence-corrected chi connectivity index (χ3v) is 3.44. The summed E-state index contributed by atoms with van der Waals surface area (Å²) in [6.07, 6.45) is 3.00. The molecule has 0 bridgehead atoms. The Morgan fingerprint density at radius 3 is 2.55 bits per heavy atom. The molecule has 1 aromatic rings. The smallest absolute Gasteiger partial charge is 0.222 e. The first-order valence-electron chi connectivity index (χ1n) is 7.13. The molecule has 0 saturated heterocycles. The highest BCUT2D eigenvalue weighted by Gasteiger charge is 2.20. The Morgan fingerprint density at radius 1 is 1.50 bits per heavy atom. The van der Waals surface area contributed by atoms with E-state index in [0.29, 0.717) is 6.42 Å². The summed E-state index contributed by atoms with van der Waals surface area (Å²) in [5.74, 6) is -0.00231. The van der Waals surface area contributed by atoms with Gasteiger partial charge in [-0.05, 0) is 25.7 Å². The number of nitrogens with two attached hydrogens (primary N) is 1. The zero-order valence-electron chi connectivity index (χ0n) is 13.5. The molecule has 0 radical (unpaired) electrons. The van der Waals surface area contributed by atoms with Gasteiger partial charge in [-0.2, -0.15) is 5.10 Å². The first kappa shape index (κ1) is 16.7. The molecule has 1 aromatic heterocycles. The molecule has 0 spiro atoms. The maximum atomic E-state index is 12.0. The summed E-state index contributed by atoms with van der Waals surface area (Å²) >= 11 is 0. The molecule has 2 unspecified atom stereocenters. The monoisotopic (exact) mass is 280 g/mol. The second kappa shape index (κ2) is 6.39. The molecule has 1 amide bonds. The van der Waals surface area contributed by atoms with E-state index in [2.05, 4.69) is 31.2 Å². The molecule has 3 N–H and O–H groups in total. The molecule has 0 saturated carbocycles. The average molecular weight is 280 g/mol. The summed E-state index contributed by atoms with van der Waals surface area (Å²) in [5.41, 5.74) is 8.29. The van der Waals surface area contributed by atoms with Gasteiger partial charge in [0.25, 0.3) is 0 Å². The van der Waals surface area contributed by atoms with Gasteiger partial charge < -0.3 is 11.1 Å². The van der Waals surface area contributed by atoms with Gasteiger partial charge in [-0.3, -0.25) is 9.48 Å². The quantitative estimate of drug-likeness (QED) is 0.867. The van der Waals surface area contributed by atoms with Crippen molar-refractivity contribution in [2.24, 2.45) is 18.2 Å². The predicted octanol–water partition coefficient (Wildman–Crippen LogP) is 2.06. The predicted molar refractivity (Wildman–Crippen MR) is 81.2 cm³/mol. The summed E-state index contributed by atoms with van der Waals surface area (Å²) in [7, 11) is 1.90. The van der Waals surface area contributed by atoms with E-state index in [0.717, 1.165) is 17.7 Å². The van der Waals surface area contributed by atoms with Gasteiger partial charge in [-0.15, -0.1) is 0 Å². The van der Waals surface area contributed by atoms with Crippen LogP contribution in [0.4, 0.5) is 0 Å². The fourth-order valence-electron chi connectivity index (χ4n) is 2.42. The van der Waals surface area contributed by atoms with Crippen LogP contribution in [0.15, 0.2) is 6.20 Å². The second-order valence-corrected chi connectivity index (χ2v) is 6.83. The lowest BCUT2D eigenvalue weighted by atomic mass is 9.87. The van der Waals surface area contributed by atoms with Crippen LogP contribution >= 0.6 is 0 Å². The molecule has 2 atom stereocenters. The molecule has 0 aromatic carbocycles. The fourth-order valence-corrected chi connectivity index (χ4v) is 2.42. The topological polar surface area (TPSA) is 72.9 Å². The van der Waals surface area contributed by atoms with Crippen molar-refractivity contribution < 1.29 is 4.79 Å². The number of carbonyl (C=O) groups excluding carboxylic acids is 1. The Morgan fingerprint density at radius 2 is 2.10 bits per heavy atom. The van der Waals surface area contributed by atoms with Crippen LogP contribution in [-0.4, -0.2) is 21.7 Å². The fraction of sp³-hybridized carbons (Fsp3) is 0.733. The summed E-state index contributed by atoms with van der Waals surface area (Å²) in [6, 6.07) is -0.143. The molecule has 0 aliphatic rings. The van der Waals surface area contributed by atoms with E-state index in [-0.39, 0.29) is 23.4 Å². The van der Waals surface area contributed by atoms with Gasteiger partial charge in [0.1, 0.15) is 0 Å². The van der Waals surface area contributed by atoms with E-state index >= 15 is 0 Å². The Bertz CT molecular complexity index is 459. The van der Waals surface area contributed by atoms with Crippen molar-refractivity contribution in [1.82, 2.24) is 15.1 Å². The molecule has 0 fully saturated rings. The number of hydrogen-bond donors (Lipinski definition) is 2. The Kier molecular flexibility index (Phi) is 5.34. The maximum absolute atomic E-state index is 12.0. The van der Waals surface area contributed by atoms with Gasteiger partial charge in [0, 0.05) is 30.8 Å². The van der Waals surface area contributed by atoms with E-state index in [1.807, 2.05) is 25.6 Å². The van der Waals surface area contributed by atoms with Crippen LogP contribution in [0.2, 0.25) is 0 Å². The van der Waals surface area contributed by atoms with E-state index < -0.39 is 0 Å². The molecule has 0 aliphatic carbocycles. The minimum atomic E-state index is -0.0998. The third-order valence-electron chi connectivity index (χ3n) is 3.44. The van der Waals surface area contributed by atoms with Crippen LogP contribution in [-0.2, 0) is 11.8 Å². The Labute approximate surface area is 121 Å². The molecule has 5 heteroatoms. The van der Waals surface area contributed by atoms with Gasteiger partial charge >= 0.3 is 0 Å². The minimum absolute atomic E-state index is 0.00231. The third kappa shape index (κ3) is 4.96. The van der Waals surface area contributed by atoms with Crippen molar-refractivity contribution in [3.63, 3.8) is 0 Å². The lowest BCUT2D eigenvalue weighted by Gasteiger charge is -2.23. The Hall–Kier alpha value is -1.36. The van der Waals surface area contributed by atoms with Crippen LogP contribution in [0.3, 0.4) is 0 Å². The van der Waals surface area contributed by atoms with Crippen molar-refractivity contribution in [3.8, 4) is 0 Å². The van der Waals surface area contributed by atoms with Gasteiger partial charge in [-0.25, -0.2) is 0 Å². The van der Waals surface area contributed by atoms with Crippen LogP contribution in [0.25, 0.3) is 0 Å². The average Bonchev–Trinajstić information content (AvgIpc) is 2.56. The molecule has 1 rings (SSSR count). The van der Waals surface area contributed by atoms with Crippen molar-refractivity contribution in [3.05, 3.63) is 17.5 Å². The number of hydrogen-bond acceptors (Lipinski definition) is 3. The van der Waals surface area contributed by atoms with Gasteiger partial charge in [0.2, 0.25) is 5.91 Å². The molecule has 0 aliphatic heterocycles. The first-order valence-corrected chi connectivity index (χ1v) is 7.13. The van der Waals surface area contributed by atoms with Crippen molar-refractivity contribution in [1.29, 1.82) is 0 Å². The van der Waals surface area contributed by atoms with Crippen LogP contribution < -0.4 is 11.1 Å². The highest BCUT2D eigenvalue weighted by molar-refractivity contribution is 5.77. The summed E-state index contributed by atoms with van der Waals surface area (Å²) in [6.45, 7) is 10.4. The minimum Gasteiger partial charge on any atom is -0.349 e. The highest BCUT2D eigenvalue weighted by atomic mass is 16.1. The lowest BCUT2D eigenvalue weighted by molar-refractivity contribution is -0.122. The van der Waals surface area contributed by atoms with Crippen molar-refractivity contribution in [2.45, 2.75) is 59.5 Å². The van der Waals surface area contributed by atoms with Gasteiger partial charge in [-0.1, -0.05) is 20.8 Å². The van der Waals surface area contributed by atoms with E-state index in [1.165, 1.54) is 0 Å². The van der Waals surface area contributed by atoms with Gasteiger partial charge in [0.15, 0.2) is 0 Å². The maximum Gasteiger partial charge on any atom is 0.222 e. The highest BCUT2D eigenvalue weighted by Crippen LogP contribution is 2.21. The molecule has 5 nitrogen and oxygen atoms in total. The zero-order valence-corrected chi connectivity index (χ0v) is 13.5. The van der Waals surface area contributed by atoms with Crippen molar-refractivity contribution >= 4 is 5.91 Å². The number of carbonyl (C=O) groups is 1. The first-order chi connectivity index (χ1) is 9.10. The number of rotatable bonds is 5. The molecule has 20 heavy (non-hydrogen) atoms. The number of aromatic nitrogens is 2. The molecular weight excluding hydrogens is 252 g/mol. The number of nitrogens with zero attached hydrogens (tertiary/aromatic N) is 2. The van der Waals surface area contributed by atoms with Crippen molar-refractivity contribution in [2.75, 3.05) is 0 Å². The molecular formula is C15H28N4O. The zero-order chi connectivity index (χ0) is 15.5. The second-order valence-electron chi connectivity index (χ2n) is 6.83. The normalized spacial score (nSPS) is 14.9. The van der Waals surface area contributed by atoms with E-state index in [1.54, 1.807) is 6.20 Å². The molecule has 114 valence electrons. The SMILES string of the molecule is Cc1c(C(C)NC(=O)CC(N)CC(C)(C)C)cnn1C. The lowest BCUT2D eigenvalue weighted by Crippen LogP contribution is -2.35. The number of amides is 1. The molecule has 1 heterocycles. The summed E-state index contributed by atoms with van der Waals surface area (Å²) in [5, 5.41) is 7.19. The standard InChI is InChI=1S/C15H28N4O/c1-10(13-9-17-19(6)11(13)2)18-14(20)7-12(16)8-15(3,4)5/h9-10,12H,7-8,16H2,1-6H3,(H,18,20). The van der Waals surface area contributed by atoms with E-state index in [4.69, 9.17) is 5.73 Å². The summed E-state index contributed by atoms with van der Waals surface area (Å²) in [4.78, 5) is 12.0. The number of nitrogens with one attached hydrogen (secondary N) is 1. The number of aryl methyl sites for hydroxylation is 1. The largest absolute Gasteiger partial charge is 0.349 e.